The van der Waals surface area contributed by atoms with E-state index < -0.39 is 11.7 Å². The van der Waals surface area contributed by atoms with Gasteiger partial charge in [-0.15, -0.1) is 10.2 Å². The lowest BCUT2D eigenvalue weighted by Crippen LogP contribution is -2.15. The maximum absolute atomic E-state index is 13.4. The van der Waals surface area contributed by atoms with Crippen LogP contribution in [-0.4, -0.2) is 22.6 Å². The van der Waals surface area contributed by atoms with E-state index in [9.17, 15) is 9.18 Å². The van der Waals surface area contributed by atoms with Crippen molar-refractivity contribution in [1.29, 1.82) is 0 Å². The summed E-state index contributed by atoms with van der Waals surface area (Å²) in [5, 5.41) is 13.3. The summed E-state index contributed by atoms with van der Waals surface area (Å²) < 4.78 is 13.4. The number of nitrogens with zero attached hydrogens (tertiary/aromatic N) is 2. The lowest BCUT2D eigenvalue weighted by molar-refractivity contribution is 0.102. The molecule has 104 valence electrons. The lowest BCUT2D eigenvalue weighted by atomic mass is 10.2. The summed E-state index contributed by atoms with van der Waals surface area (Å²) in [6, 6.07) is 9.10. The van der Waals surface area contributed by atoms with Crippen molar-refractivity contribution in [2.45, 2.75) is 13.3 Å². The van der Waals surface area contributed by atoms with Crippen LogP contribution in [0.3, 0.4) is 0 Å². The van der Waals surface area contributed by atoms with Crippen LogP contribution in [0.25, 0.3) is 0 Å². The van der Waals surface area contributed by atoms with Crippen molar-refractivity contribution in [3.05, 3.63) is 47.8 Å². The van der Waals surface area contributed by atoms with Crippen molar-refractivity contribution in [1.82, 2.24) is 10.2 Å². The first-order valence-corrected chi connectivity index (χ1v) is 6.34. The van der Waals surface area contributed by atoms with E-state index in [2.05, 4.69) is 20.8 Å². The van der Waals surface area contributed by atoms with E-state index in [1.807, 2.05) is 6.92 Å². The molecule has 0 fully saturated rings. The number of carbonyl (C=O) groups excluding carboxylic acids is 1. The molecule has 0 aliphatic heterocycles. The van der Waals surface area contributed by atoms with Crippen molar-refractivity contribution < 1.29 is 9.18 Å². The van der Waals surface area contributed by atoms with E-state index in [-0.39, 0.29) is 11.4 Å². The molecule has 0 radical (unpaired) electrons. The molecule has 0 saturated heterocycles. The summed E-state index contributed by atoms with van der Waals surface area (Å²) in [6.45, 7) is 2.85. The zero-order valence-electron chi connectivity index (χ0n) is 11.1. The average molecular weight is 274 g/mol. The first kappa shape index (κ1) is 13.9. The van der Waals surface area contributed by atoms with Crippen molar-refractivity contribution in [2.24, 2.45) is 0 Å². The average Bonchev–Trinajstić information content (AvgIpc) is 2.47. The number of halogens is 1. The SMILES string of the molecule is CCCNc1ccc(NC(=O)c2ccccc2F)nn1. The minimum atomic E-state index is -0.570. The number of anilines is 2. The van der Waals surface area contributed by atoms with E-state index >= 15 is 0 Å². The Morgan fingerprint density at radius 3 is 2.50 bits per heavy atom. The van der Waals surface area contributed by atoms with Crippen LogP contribution in [0.15, 0.2) is 36.4 Å². The van der Waals surface area contributed by atoms with Crippen molar-refractivity contribution in [2.75, 3.05) is 17.2 Å². The molecule has 2 N–H and O–H groups in total. The molecule has 20 heavy (non-hydrogen) atoms. The highest BCUT2D eigenvalue weighted by Crippen LogP contribution is 2.11. The van der Waals surface area contributed by atoms with Crippen LogP contribution in [0.4, 0.5) is 16.0 Å². The fourth-order valence-electron chi connectivity index (χ4n) is 1.58. The maximum Gasteiger partial charge on any atom is 0.259 e. The summed E-state index contributed by atoms with van der Waals surface area (Å²) in [4.78, 5) is 11.9. The summed E-state index contributed by atoms with van der Waals surface area (Å²) in [5.41, 5.74) is -0.0255. The van der Waals surface area contributed by atoms with Crippen LogP contribution < -0.4 is 10.6 Å². The van der Waals surface area contributed by atoms with Gasteiger partial charge < -0.3 is 10.6 Å². The molecule has 5 nitrogen and oxygen atoms in total. The molecular formula is C14H15FN4O. The molecule has 0 spiro atoms. The van der Waals surface area contributed by atoms with E-state index in [0.717, 1.165) is 13.0 Å². The van der Waals surface area contributed by atoms with E-state index in [0.29, 0.717) is 5.82 Å². The second kappa shape index (κ2) is 6.60. The second-order valence-corrected chi connectivity index (χ2v) is 4.16. The van der Waals surface area contributed by atoms with Crippen LogP contribution in [0.1, 0.15) is 23.7 Å². The number of benzene rings is 1. The van der Waals surface area contributed by atoms with Gasteiger partial charge in [0, 0.05) is 6.54 Å². The number of carbonyl (C=O) groups is 1. The van der Waals surface area contributed by atoms with Gasteiger partial charge in [-0.3, -0.25) is 4.79 Å². The summed E-state index contributed by atoms with van der Waals surface area (Å²) in [5.74, 6) is -0.207. The molecule has 0 aliphatic rings. The quantitative estimate of drug-likeness (QED) is 0.879. The normalized spacial score (nSPS) is 10.1. The van der Waals surface area contributed by atoms with Gasteiger partial charge in [-0.05, 0) is 30.7 Å². The van der Waals surface area contributed by atoms with Gasteiger partial charge in [-0.1, -0.05) is 19.1 Å². The molecule has 1 aromatic carbocycles. The summed E-state index contributed by atoms with van der Waals surface area (Å²) in [6.07, 6.45) is 0.980. The molecule has 2 rings (SSSR count). The van der Waals surface area contributed by atoms with Gasteiger partial charge in [-0.2, -0.15) is 0 Å². The standard InChI is InChI=1S/C14H15FN4O/c1-2-9-16-12-7-8-13(19-18-12)17-14(20)10-5-3-4-6-11(10)15/h3-8H,2,9H2,1H3,(H,16,18)(H,17,19,20). The van der Waals surface area contributed by atoms with Gasteiger partial charge in [-0.25, -0.2) is 4.39 Å². The molecule has 1 heterocycles. The monoisotopic (exact) mass is 274 g/mol. The molecule has 0 saturated carbocycles. The first-order valence-electron chi connectivity index (χ1n) is 6.34. The minimum Gasteiger partial charge on any atom is -0.369 e. The third-order valence-corrected chi connectivity index (χ3v) is 2.58. The van der Waals surface area contributed by atoms with Gasteiger partial charge in [0.25, 0.3) is 5.91 Å². The molecule has 1 aromatic heterocycles. The second-order valence-electron chi connectivity index (χ2n) is 4.16. The zero-order valence-corrected chi connectivity index (χ0v) is 11.1. The molecule has 0 aliphatic carbocycles. The Morgan fingerprint density at radius 2 is 1.85 bits per heavy atom. The van der Waals surface area contributed by atoms with Gasteiger partial charge in [0.1, 0.15) is 11.6 Å². The van der Waals surface area contributed by atoms with Gasteiger partial charge in [0.05, 0.1) is 5.56 Å². The van der Waals surface area contributed by atoms with Crippen molar-refractivity contribution in [3.63, 3.8) is 0 Å². The van der Waals surface area contributed by atoms with E-state index in [4.69, 9.17) is 0 Å². The molecule has 0 atom stereocenters. The Labute approximate surface area is 116 Å². The molecule has 2 aromatic rings. The third kappa shape index (κ3) is 3.50. The predicted octanol–water partition coefficient (Wildman–Crippen LogP) is 2.69. The number of rotatable bonds is 5. The summed E-state index contributed by atoms with van der Waals surface area (Å²) in [7, 11) is 0. The lowest BCUT2D eigenvalue weighted by Gasteiger charge is -2.06. The maximum atomic E-state index is 13.4. The topological polar surface area (TPSA) is 66.9 Å². The fraction of sp³-hybridized carbons (Fsp3) is 0.214. The Morgan fingerprint density at radius 1 is 1.15 bits per heavy atom. The van der Waals surface area contributed by atoms with Gasteiger partial charge >= 0.3 is 0 Å². The third-order valence-electron chi connectivity index (χ3n) is 2.58. The van der Waals surface area contributed by atoms with Gasteiger partial charge in [0.2, 0.25) is 0 Å². The number of hydrogen-bond acceptors (Lipinski definition) is 4. The largest absolute Gasteiger partial charge is 0.369 e. The molecule has 0 bridgehead atoms. The van der Waals surface area contributed by atoms with E-state index in [1.165, 1.54) is 18.2 Å². The molecule has 0 unspecified atom stereocenters. The van der Waals surface area contributed by atoms with Crippen LogP contribution in [0.2, 0.25) is 0 Å². The van der Waals surface area contributed by atoms with Crippen LogP contribution >= 0.6 is 0 Å². The van der Waals surface area contributed by atoms with Crippen LogP contribution in [0.5, 0.6) is 0 Å². The number of nitrogens with one attached hydrogen (secondary N) is 2. The highest BCUT2D eigenvalue weighted by molar-refractivity contribution is 6.03. The van der Waals surface area contributed by atoms with Crippen molar-refractivity contribution >= 4 is 17.5 Å². The summed E-state index contributed by atoms with van der Waals surface area (Å²) >= 11 is 0. The molecule has 1 amide bonds. The number of amides is 1. The van der Waals surface area contributed by atoms with Crippen LogP contribution in [0, 0.1) is 5.82 Å². The highest BCUT2D eigenvalue weighted by atomic mass is 19.1. The molecule has 6 heteroatoms. The Hall–Kier alpha value is -2.50. The number of aromatic nitrogens is 2. The predicted molar refractivity (Wildman–Crippen MR) is 75.2 cm³/mol. The molecular weight excluding hydrogens is 259 g/mol. The Balaban J connectivity index is 2.03. The Bertz CT molecular complexity index is 586. The minimum absolute atomic E-state index is 0.0255. The fourth-order valence-corrected chi connectivity index (χ4v) is 1.58. The Kier molecular flexibility index (Phi) is 4.60. The zero-order chi connectivity index (χ0) is 14.4. The first-order chi connectivity index (χ1) is 9.70. The highest BCUT2D eigenvalue weighted by Gasteiger charge is 2.11. The van der Waals surface area contributed by atoms with Crippen LogP contribution in [-0.2, 0) is 0 Å². The van der Waals surface area contributed by atoms with Crippen molar-refractivity contribution in [3.8, 4) is 0 Å². The van der Waals surface area contributed by atoms with Gasteiger partial charge in [0.15, 0.2) is 5.82 Å². The number of hydrogen-bond donors (Lipinski definition) is 2. The van der Waals surface area contributed by atoms with E-state index in [1.54, 1.807) is 18.2 Å². The smallest absolute Gasteiger partial charge is 0.259 e.